The van der Waals surface area contributed by atoms with Crippen molar-refractivity contribution in [1.82, 2.24) is 4.90 Å². The van der Waals surface area contributed by atoms with Crippen molar-refractivity contribution in [2.24, 2.45) is 4.99 Å². The van der Waals surface area contributed by atoms with E-state index in [9.17, 15) is 14.8 Å². The lowest BCUT2D eigenvalue weighted by atomic mass is 9.80. The molecule has 2 aliphatic rings. The Hall–Kier alpha value is -1.66. The maximum Gasteiger partial charge on any atom is 0.488 e. The molecule has 1 aromatic rings. The molecule has 1 amide bonds. The second-order valence-electron chi connectivity index (χ2n) is 6.88. The zero-order valence-corrected chi connectivity index (χ0v) is 14.2. The van der Waals surface area contributed by atoms with Gasteiger partial charge in [0.15, 0.2) is 0 Å². The van der Waals surface area contributed by atoms with Crippen molar-refractivity contribution >= 4 is 24.3 Å². The van der Waals surface area contributed by atoms with Crippen molar-refractivity contribution in [2.45, 2.75) is 64.0 Å². The van der Waals surface area contributed by atoms with Crippen LogP contribution in [-0.2, 0) is 11.3 Å². The van der Waals surface area contributed by atoms with Crippen LogP contribution in [0.4, 0.5) is 0 Å². The molecule has 1 aliphatic carbocycles. The number of aliphatic imine (C=N–C) groups is 1. The number of carbonyl (C=O) groups excluding carboxylic acids is 1. The lowest BCUT2D eigenvalue weighted by molar-refractivity contribution is -0.131. The smallest absolute Gasteiger partial charge is 0.423 e. The zero-order chi connectivity index (χ0) is 17.2. The van der Waals surface area contributed by atoms with Gasteiger partial charge in [0.25, 0.3) is 5.91 Å². The standard InChI is InChI=1S/C18H25BN2O3/c1-2-3-6-16-20-18(11-4-5-12-18)17(22)21(16)13-14-7-9-15(10-8-14)19(23)24/h7-10,23-24H,2-6,11-13H2,1H3. The number of amidine groups is 1. The fourth-order valence-electron chi connectivity index (χ4n) is 3.68. The van der Waals surface area contributed by atoms with Crippen molar-refractivity contribution in [3.05, 3.63) is 29.8 Å². The third kappa shape index (κ3) is 3.26. The zero-order valence-electron chi connectivity index (χ0n) is 14.2. The van der Waals surface area contributed by atoms with E-state index in [1.807, 2.05) is 17.0 Å². The average molecular weight is 328 g/mol. The molecule has 1 aliphatic heterocycles. The van der Waals surface area contributed by atoms with Crippen molar-refractivity contribution in [3.8, 4) is 0 Å². The SMILES string of the molecule is CCCCC1=NC2(CCCC2)C(=O)N1Cc1ccc(B(O)O)cc1. The Kier molecular flexibility index (Phi) is 5.06. The molecule has 0 aromatic heterocycles. The first-order valence-electron chi connectivity index (χ1n) is 8.91. The van der Waals surface area contributed by atoms with Crippen LogP contribution in [0.5, 0.6) is 0 Å². The summed E-state index contributed by atoms with van der Waals surface area (Å²) in [5, 5.41) is 18.4. The highest BCUT2D eigenvalue weighted by Crippen LogP contribution is 2.40. The van der Waals surface area contributed by atoms with Crippen LogP contribution in [0, 0.1) is 0 Å². The molecule has 6 heteroatoms. The van der Waals surface area contributed by atoms with Gasteiger partial charge in [0, 0.05) is 6.42 Å². The first-order chi connectivity index (χ1) is 11.6. The predicted molar refractivity (Wildman–Crippen MR) is 95.0 cm³/mol. The number of rotatable bonds is 6. The van der Waals surface area contributed by atoms with Crippen LogP contribution >= 0.6 is 0 Å². The minimum atomic E-state index is -1.46. The lowest BCUT2D eigenvalue weighted by Crippen LogP contribution is -2.40. The van der Waals surface area contributed by atoms with E-state index in [-0.39, 0.29) is 5.91 Å². The molecule has 24 heavy (non-hydrogen) atoms. The van der Waals surface area contributed by atoms with Crippen molar-refractivity contribution in [3.63, 3.8) is 0 Å². The third-order valence-electron chi connectivity index (χ3n) is 5.10. The van der Waals surface area contributed by atoms with Crippen molar-refractivity contribution < 1.29 is 14.8 Å². The first-order valence-corrected chi connectivity index (χ1v) is 8.91. The summed E-state index contributed by atoms with van der Waals surface area (Å²) in [6.45, 7) is 2.65. The second-order valence-corrected chi connectivity index (χ2v) is 6.88. The van der Waals surface area contributed by atoms with Crippen LogP contribution < -0.4 is 5.46 Å². The molecule has 1 aromatic carbocycles. The summed E-state index contributed by atoms with van der Waals surface area (Å²) >= 11 is 0. The average Bonchev–Trinajstić information content (AvgIpc) is 3.15. The summed E-state index contributed by atoms with van der Waals surface area (Å²) in [6, 6.07) is 7.07. The minimum absolute atomic E-state index is 0.150. The fraction of sp³-hybridized carbons (Fsp3) is 0.556. The van der Waals surface area contributed by atoms with Gasteiger partial charge < -0.3 is 10.0 Å². The quantitative estimate of drug-likeness (QED) is 0.779. The highest BCUT2D eigenvalue weighted by Gasteiger charge is 2.49. The summed E-state index contributed by atoms with van der Waals surface area (Å²) in [4.78, 5) is 19.7. The lowest BCUT2D eigenvalue weighted by Gasteiger charge is -2.22. The van der Waals surface area contributed by atoms with Crippen LogP contribution in [0.2, 0.25) is 0 Å². The molecule has 1 saturated carbocycles. The van der Waals surface area contributed by atoms with E-state index in [1.165, 1.54) is 0 Å². The van der Waals surface area contributed by atoms with E-state index >= 15 is 0 Å². The second kappa shape index (κ2) is 7.07. The maximum absolute atomic E-state index is 13.0. The highest BCUT2D eigenvalue weighted by molar-refractivity contribution is 6.58. The number of amides is 1. The van der Waals surface area contributed by atoms with E-state index in [0.717, 1.165) is 56.3 Å². The van der Waals surface area contributed by atoms with Crippen LogP contribution in [0.25, 0.3) is 0 Å². The van der Waals surface area contributed by atoms with Gasteiger partial charge in [-0.25, -0.2) is 0 Å². The summed E-state index contributed by atoms with van der Waals surface area (Å²) in [7, 11) is -1.46. The Morgan fingerprint density at radius 2 is 1.88 bits per heavy atom. The van der Waals surface area contributed by atoms with Gasteiger partial charge in [-0.15, -0.1) is 0 Å². The van der Waals surface area contributed by atoms with E-state index in [0.29, 0.717) is 12.0 Å². The largest absolute Gasteiger partial charge is 0.488 e. The predicted octanol–water partition coefficient (Wildman–Crippen LogP) is 1.61. The number of unbranched alkanes of at least 4 members (excludes halogenated alkanes) is 1. The Morgan fingerprint density at radius 3 is 2.46 bits per heavy atom. The van der Waals surface area contributed by atoms with Crippen LogP contribution in [0.3, 0.4) is 0 Å². The molecule has 3 rings (SSSR count). The van der Waals surface area contributed by atoms with E-state index in [2.05, 4.69) is 6.92 Å². The van der Waals surface area contributed by atoms with Gasteiger partial charge in [-0.3, -0.25) is 14.7 Å². The van der Waals surface area contributed by atoms with Crippen LogP contribution in [0.15, 0.2) is 29.3 Å². The molecule has 5 nitrogen and oxygen atoms in total. The van der Waals surface area contributed by atoms with Crippen LogP contribution in [0.1, 0.15) is 57.4 Å². The Bertz CT molecular complexity index is 622. The number of benzene rings is 1. The van der Waals surface area contributed by atoms with Gasteiger partial charge >= 0.3 is 7.12 Å². The molecule has 0 radical (unpaired) electrons. The first kappa shape index (κ1) is 17.2. The fourth-order valence-corrected chi connectivity index (χ4v) is 3.68. The monoisotopic (exact) mass is 328 g/mol. The molecular weight excluding hydrogens is 303 g/mol. The molecular formula is C18H25BN2O3. The molecule has 1 heterocycles. The molecule has 0 atom stereocenters. The number of hydrogen-bond acceptors (Lipinski definition) is 4. The summed E-state index contributed by atoms with van der Waals surface area (Å²) in [5.74, 6) is 1.08. The maximum atomic E-state index is 13.0. The van der Waals surface area contributed by atoms with E-state index in [1.54, 1.807) is 12.1 Å². The number of hydrogen-bond donors (Lipinski definition) is 2. The van der Waals surface area contributed by atoms with Gasteiger partial charge in [0.2, 0.25) is 0 Å². The molecule has 2 N–H and O–H groups in total. The number of nitrogens with zero attached hydrogens (tertiary/aromatic N) is 2. The minimum Gasteiger partial charge on any atom is -0.423 e. The molecule has 0 saturated heterocycles. The summed E-state index contributed by atoms with van der Waals surface area (Å²) < 4.78 is 0. The van der Waals surface area contributed by atoms with E-state index in [4.69, 9.17) is 4.99 Å². The van der Waals surface area contributed by atoms with Crippen LogP contribution in [-0.4, -0.2) is 39.3 Å². The molecule has 128 valence electrons. The molecule has 1 fully saturated rings. The Balaban J connectivity index is 1.79. The Labute approximate surface area is 143 Å². The molecule has 0 bridgehead atoms. The van der Waals surface area contributed by atoms with Gasteiger partial charge in [-0.2, -0.15) is 0 Å². The number of carbonyl (C=O) groups is 1. The Morgan fingerprint density at radius 1 is 1.21 bits per heavy atom. The summed E-state index contributed by atoms with van der Waals surface area (Å²) in [5.41, 5.74) is 0.940. The van der Waals surface area contributed by atoms with Crippen molar-refractivity contribution in [2.75, 3.05) is 0 Å². The van der Waals surface area contributed by atoms with Gasteiger partial charge in [0.1, 0.15) is 11.4 Å². The molecule has 1 spiro atoms. The normalized spacial score (nSPS) is 19.2. The van der Waals surface area contributed by atoms with Gasteiger partial charge in [-0.1, -0.05) is 50.5 Å². The van der Waals surface area contributed by atoms with E-state index < -0.39 is 12.7 Å². The third-order valence-corrected chi connectivity index (χ3v) is 5.10. The van der Waals surface area contributed by atoms with Gasteiger partial charge in [-0.05, 0) is 30.3 Å². The van der Waals surface area contributed by atoms with Crippen molar-refractivity contribution in [1.29, 1.82) is 0 Å². The topological polar surface area (TPSA) is 73.1 Å². The highest BCUT2D eigenvalue weighted by atomic mass is 16.4. The molecule has 0 unspecified atom stereocenters. The summed E-state index contributed by atoms with van der Waals surface area (Å²) in [6.07, 6.45) is 6.85. The van der Waals surface area contributed by atoms with Gasteiger partial charge in [0.05, 0.1) is 6.54 Å².